The number of imidazole rings is 1. The van der Waals surface area contributed by atoms with Crippen LogP contribution in [-0.2, 0) is 12.5 Å². The van der Waals surface area contributed by atoms with Gasteiger partial charge in [0, 0.05) is 12.5 Å². The Balaban J connectivity index is 3.47. The van der Waals surface area contributed by atoms with Gasteiger partial charge in [-0.15, -0.1) is 0 Å². The van der Waals surface area contributed by atoms with E-state index in [1.807, 2.05) is 20.8 Å². The third-order valence-corrected chi connectivity index (χ3v) is 2.02. The van der Waals surface area contributed by atoms with Gasteiger partial charge in [0.25, 0.3) is 0 Å². The van der Waals surface area contributed by atoms with Gasteiger partial charge in [0.15, 0.2) is 6.29 Å². The highest BCUT2D eigenvalue weighted by molar-refractivity contribution is 5.74. The van der Waals surface area contributed by atoms with E-state index in [0.29, 0.717) is 17.7 Å². The molecule has 1 rings (SSSR count). The number of nitrogens with one attached hydrogen (secondary N) is 1. The maximum atomic E-state index is 11.2. The number of nitrogens with zero attached hydrogens (tertiary/aromatic N) is 1. The van der Waals surface area contributed by atoms with Crippen LogP contribution < -0.4 is 5.69 Å². The van der Waals surface area contributed by atoms with Gasteiger partial charge in [0.1, 0.15) is 5.69 Å². The molecule has 0 amide bonds. The van der Waals surface area contributed by atoms with Crippen LogP contribution in [0.2, 0.25) is 0 Å². The van der Waals surface area contributed by atoms with Crippen molar-refractivity contribution in [2.24, 2.45) is 7.05 Å². The zero-order valence-corrected chi connectivity index (χ0v) is 8.34. The quantitative estimate of drug-likeness (QED) is 0.654. The maximum absolute atomic E-state index is 11.2. The molecule has 72 valence electrons. The van der Waals surface area contributed by atoms with Crippen LogP contribution in [0.15, 0.2) is 4.79 Å². The summed E-state index contributed by atoms with van der Waals surface area (Å²) in [6, 6.07) is 0. The van der Waals surface area contributed by atoms with Crippen molar-refractivity contribution in [3.8, 4) is 0 Å². The van der Waals surface area contributed by atoms with E-state index in [1.165, 1.54) is 4.57 Å². The first-order valence-corrected chi connectivity index (χ1v) is 4.12. The molecule has 0 aromatic carbocycles. The summed E-state index contributed by atoms with van der Waals surface area (Å²) in [4.78, 5) is 24.6. The van der Waals surface area contributed by atoms with E-state index in [4.69, 9.17) is 0 Å². The zero-order chi connectivity index (χ0) is 10.2. The van der Waals surface area contributed by atoms with E-state index < -0.39 is 0 Å². The highest BCUT2D eigenvalue weighted by atomic mass is 16.1. The summed E-state index contributed by atoms with van der Waals surface area (Å²) in [6.07, 6.45) is 0.707. The first kappa shape index (κ1) is 9.77. The van der Waals surface area contributed by atoms with Gasteiger partial charge in [0.2, 0.25) is 0 Å². The van der Waals surface area contributed by atoms with Crippen LogP contribution >= 0.6 is 0 Å². The van der Waals surface area contributed by atoms with Crippen LogP contribution in [0.4, 0.5) is 0 Å². The van der Waals surface area contributed by atoms with Crippen LogP contribution in [0.5, 0.6) is 0 Å². The second-order valence-corrected chi connectivity index (χ2v) is 4.12. The fourth-order valence-corrected chi connectivity index (χ4v) is 1.24. The minimum Gasteiger partial charge on any atom is -0.309 e. The maximum Gasteiger partial charge on any atom is 0.326 e. The highest BCUT2D eigenvalue weighted by Gasteiger charge is 2.22. The number of aromatic amines is 1. The smallest absolute Gasteiger partial charge is 0.309 e. The molecule has 4 heteroatoms. The van der Waals surface area contributed by atoms with Crippen LogP contribution in [0.1, 0.15) is 37.0 Å². The molecule has 0 radical (unpaired) electrons. The molecule has 0 aliphatic rings. The Morgan fingerprint density at radius 3 is 2.23 bits per heavy atom. The molecule has 0 bridgehead atoms. The van der Waals surface area contributed by atoms with E-state index >= 15 is 0 Å². The second kappa shape index (κ2) is 2.87. The Morgan fingerprint density at radius 1 is 1.38 bits per heavy atom. The third kappa shape index (κ3) is 1.56. The monoisotopic (exact) mass is 182 g/mol. The van der Waals surface area contributed by atoms with Crippen molar-refractivity contribution in [3.05, 3.63) is 21.9 Å². The van der Waals surface area contributed by atoms with Gasteiger partial charge in [-0.05, 0) is 0 Å². The molecule has 1 aromatic heterocycles. The van der Waals surface area contributed by atoms with Crippen LogP contribution in [-0.4, -0.2) is 15.8 Å². The Bertz CT molecular complexity index is 379. The first-order valence-electron chi connectivity index (χ1n) is 4.12. The van der Waals surface area contributed by atoms with Crippen LogP contribution in [0, 0.1) is 0 Å². The predicted molar refractivity (Wildman–Crippen MR) is 50.1 cm³/mol. The molecule has 13 heavy (non-hydrogen) atoms. The molecule has 0 unspecified atom stereocenters. The minimum atomic E-state index is -0.243. The molecule has 1 N–H and O–H groups in total. The molecule has 1 aromatic rings. The number of H-pyrrole nitrogens is 1. The molecular weight excluding hydrogens is 168 g/mol. The van der Waals surface area contributed by atoms with E-state index in [9.17, 15) is 9.59 Å². The number of aromatic nitrogens is 2. The van der Waals surface area contributed by atoms with Crippen molar-refractivity contribution >= 4 is 6.29 Å². The number of carbonyl (C=O) groups is 1. The molecule has 4 nitrogen and oxygen atoms in total. The molecule has 0 fully saturated rings. The minimum absolute atomic E-state index is 0.212. The van der Waals surface area contributed by atoms with E-state index in [-0.39, 0.29) is 11.1 Å². The highest BCUT2D eigenvalue weighted by Crippen LogP contribution is 2.21. The lowest BCUT2D eigenvalue weighted by atomic mass is 9.91. The SMILES string of the molecule is Cn1c(C=O)c(C(C)(C)C)[nH]c1=O. The molecule has 0 aliphatic heterocycles. The lowest BCUT2D eigenvalue weighted by molar-refractivity contribution is 0.111. The molecule has 0 spiro atoms. The van der Waals surface area contributed by atoms with Crippen molar-refractivity contribution in [3.63, 3.8) is 0 Å². The average molecular weight is 182 g/mol. The van der Waals surface area contributed by atoms with Crippen molar-refractivity contribution < 1.29 is 4.79 Å². The molecule has 1 heterocycles. The van der Waals surface area contributed by atoms with Gasteiger partial charge in [0.05, 0.1) is 5.69 Å². The van der Waals surface area contributed by atoms with Gasteiger partial charge in [-0.2, -0.15) is 0 Å². The Labute approximate surface area is 76.6 Å². The largest absolute Gasteiger partial charge is 0.326 e. The zero-order valence-electron chi connectivity index (χ0n) is 8.34. The van der Waals surface area contributed by atoms with Gasteiger partial charge in [-0.3, -0.25) is 9.36 Å². The van der Waals surface area contributed by atoms with E-state index in [2.05, 4.69) is 4.98 Å². The summed E-state index contributed by atoms with van der Waals surface area (Å²) in [7, 11) is 1.58. The molecule has 0 atom stereocenters. The van der Waals surface area contributed by atoms with Gasteiger partial charge in [-0.25, -0.2) is 4.79 Å². The summed E-state index contributed by atoms with van der Waals surface area (Å²) in [5.74, 6) is 0. The molecule has 0 saturated heterocycles. The Morgan fingerprint density at radius 2 is 1.92 bits per heavy atom. The number of rotatable bonds is 1. The van der Waals surface area contributed by atoms with E-state index in [0.717, 1.165) is 0 Å². The summed E-state index contributed by atoms with van der Waals surface area (Å²) >= 11 is 0. The number of aldehydes is 1. The fourth-order valence-electron chi connectivity index (χ4n) is 1.24. The van der Waals surface area contributed by atoms with Crippen molar-refractivity contribution in [1.29, 1.82) is 0 Å². The Kier molecular flexibility index (Phi) is 2.15. The molecule has 0 aliphatic carbocycles. The lowest BCUT2D eigenvalue weighted by Gasteiger charge is -2.16. The number of hydrogen-bond acceptors (Lipinski definition) is 2. The number of hydrogen-bond donors (Lipinski definition) is 1. The average Bonchev–Trinajstić information content (AvgIpc) is 2.28. The fraction of sp³-hybridized carbons (Fsp3) is 0.556. The predicted octanol–water partition coefficient (Wildman–Crippen LogP) is 0.823. The van der Waals surface area contributed by atoms with E-state index in [1.54, 1.807) is 7.05 Å². The van der Waals surface area contributed by atoms with Crippen molar-refractivity contribution in [2.75, 3.05) is 0 Å². The first-order chi connectivity index (χ1) is 5.88. The Hall–Kier alpha value is -1.32. The van der Waals surface area contributed by atoms with Gasteiger partial charge >= 0.3 is 5.69 Å². The molecular formula is C9H14N2O2. The summed E-state index contributed by atoms with van der Waals surface area (Å²) < 4.78 is 1.33. The topological polar surface area (TPSA) is 54.9 Å². The standard InChI is InChI=1S/C9H14N2O2/c1-9(2,3)7-6(5-12)11(4)8(13)10-7/h5H,1-4H3,(H,10,13). The lowest BCUT2D eigenvalue weighted by Crippen LogP contribution is -2.15. The summed E-state index contributed by atoms with van der Waals surface area (Å²) in [6.45, 7) is 5.85. The van der Waals surface area contributed by atoms with Crippen molar-refractivity contribution in [2.45, 2.75) is 26.2 Å². The van der Waals surface area contributed by atoms with Crippen LogP contribution in [0.3, 0.4) is 0 Å². The van der Waals surface area contributed by atoms with Gasteiger partial charge < -0.3 is 4.98 Å². The normalized spacial score (nSPS) is 11.7. The number of carbonyl (C=O) groups excluding carboxylic acids is 1. The summed E-state index contributed by atoms with van der Waals surface area (Å²) in [5, 5.41) is 0. The van der Waals surface area contributed by atoms with Crippen LogP contribution in [0.25, 0.3) is 0 Å². The van der Waals surface area contributed by atoms with Gasteiger partial charge in [-0.1, -0.05) is 20.8 Å². The second-order valence-electron chi connectivity index (χ2n) is 4.12. The van der Waals surface area contributed by atoms with Crippen molar-refractivity contribution in [1.82, 2.24) is 9.55 Å². The third-order valence-electron chi connectivity index (χ3n) is 2.02. The summed E-state index contributed by atoms with van der Waals surface area (Å²) in [5.41, 5.74) is 0.663. The molecule has 0 saturated carbocycles.